The van der Waals surface area contributed by atoms with Gasteiger partial charge in [0.25, 0.3) is 5.91 Å². The molecule has 8 nitrogen and oxygen atoms in total. The number of halogens is 3. The Hall–Kier alpha value is -2.50. The molecule has 0 unspecified atom stereocenters. The third-order valence-electron chi connectivity index (χ3n) is 3.53. The van der Waals surface area contributed by atoms with E-state index in [0.717, 1.165) is 0 Å². The number of nitrogens with zero attached hydrogens (tertiary/aromatic N) is 2. The summed E-state index contributed by atoms with van der Waals surface area (Å²) in [5.74, 6) is -3.74. The summed E-state index contributed by atoms with van der Waals surface area (Å²) in [6, 6.07) is 2.45. The number of hydrogen-bond donors (Lipinski definition) is 1. The first-order chi connectivity index (χ1) is 13.9. The molecule has 0 aliphatic carbocycles. The van der Waals surface area contributed by atoms with Gasteiger partial charge in [0.1, 0.15) is 16.6 Å². The van der Waals surface area contributed by atoms with E-state index in [0.29, 0.717) is 23.0 Å². The minimum absolute atomic E-state index is 0.00239. The quantitative estimate of drug-likeness (QED) is 0.644. The standard InChI is InChI=1S/C18H20ClF2N3O5S/c1-10(2)9-28-18-13(19)5-11(8-22-18)29-16-7-14(20)12(6-15(16)21)17(25)23-30(26,27)24(3)4/h5-8,10H,9H2,1-4H3,(H,23,25). The van der Waals surface area contributed by atoms with Crippen molar-refractivity contribution in [1.29, 1.82) is 0 Å². The number of nitrogens with one attached hydrogen (secondary N) is 1. The molecule has 164 valence electrons. The number of carbonyl (C=O) groups is 1. The van der Waals surface area contributed by atoms with Crippen molar-refractivity contribution >= 4 is 27.7 Å². The molecule has 0 saturated carbocycles. The van der Waals surface area contributed by atoms with Crippen molar-refractivity contribution in [3.05, 3.63) is 46.6 Å². The predicted octanol–water partition coefficient (Wildman–Crippen LogP) is 3.38. The molecule has 1 amide bonds. The Balaban J connectivity index is 2.21. The Labute approximate surface area is 177 Å². The molecule has 0 fully saturated rings. The zero-order valence-electron chi connectivity index (χ0n) is 16.6. The average Bonchev–Trinajstić information content (AvgIpc) is 2.63. The second kappa shape index (κ2) is 9.54. The van der Waals surface area contributed by atoms with Gasteiger partial charge in [-0.15, -0.1) is 0 Å². The van der Waals surface area contributed by atoms with Gasteiger partial charge in [0.15, 0.2) is 11.6 Å². The Bertz CT molecular complexity index is 1050. The number of carbonyl (C=O) groups excluding carboxylic acids is 1. The summed E-state index contributed by atoms with van der Waals surface area (Å²) in [4.78, 5) is 16.0. The van der Waals surface area contributed by atoms with E-state index in [1.807, 2.05) is 13.8 Å². The van der Waals surface area contributed by atoms with Gasteiger partial charge in [0, 0.05) is 26.2 Å². The van der Waals surface area contributed by atoms with Crippen molar-refractivity contribution in [1.82, 2.24) is 14.0 Å². The Morgan fingerprint density at radius 2 is 1.90 bits per heavy atom. The Morgan fingerprint density at radius 3 is 2.47 bits per heavy atom. The predicted molar refractivity (Wildman–Crippen MR) is 106 cm³/mol. The maximum absolute atomic E-state index is 14.3. The van der Waals surface area contributed by atoms with Gasteiger partial charge in [0.2, 0.25) is 5.88 Å². The summed E-state index contributed by atoms with van der Waals surface area (Å²) in [6.07, 6.45) is 1.21. The summed E-state index contributed by atoms with van der Waals surface area (Å²) in [6.45, 7) is 4.28. The zero-order chi connectivity index (χ0) is 22.6. The molecule has 1 heterocycles. The molecule has 2 aromatic rings. The van der Waals surface area contributed by atoms with E-state index < -0.39 is 39.1 Å². The van der Waals surface area contributed by atoms with Crippen LogP contribution in [0.25, 0.3) is 0 Å². The number of aromatic nitrogens is 1. The first-order valence-corrected chi connectivity index (χ1v) is 10.4. The fourth-order valence-corrected chi connectivity index (χ4v) is 2.72. The van der Waals surface area contributed by atoms with E-state index in [2.05, 4.69) is 4.98 Å². The van der Waals surface area contributed by atoms with Crippen molar-refractivity contribution in [2.45, 2.75) is 13.8 Å². The van der Waals surface area contributed by atoms with Crippen LogP contribution in [0.15, 0.2) is 24.4 Å². The van der Waals surface area contributed by atoms with Crippen LogP contribution in [0.1, 0.15) is 24.2 Å². The molecular formula is C18H20ClF2N3O5S. The van der Waals surface area contributed by atoms with Crippen molar-refractivity contribution < 1.29 is 31.5 Å². The van der Waals surface area contributed by atoms with Gasteiger partial charge in [-0.05, 0) is 12.0 Å². The van der Waals surface area contributed by atoms with Gasteiger partial charge in [-0.2, -0.15) is 12.7 Å². The molecule has 1 aromatic carbocycles. The number of rotatable bonds is 8. The lowest BCUT2D eigenvalue weighted by molar-refractivity contribution is 0.0975. The van der Waals surface area contributed by atoms with Crippen molar-refractivity contribution in [3.8, 4) is 17.4 Å². The summed E-state index contributed by atoms with van der Waals surface area (Å²) < 4.78 is 65.0. The van der Waals surface area contributed by atoms with Gasteiger partial charge in [-0.3, -0.25) is 4.79 Å². The third kappa shape index (κ3) is 6.00. The maximum Gasteiger partial charge on any atom is 0.303 e. The molecule has 0 aliphatic rings. The van der Waals surface area contributed by atoms with Gasteiger partial charge in [-0.25, -0.2) is 18.5 Å². The van der Waals surface area contributed by atoms with Crippen LogP contribution in [-0.4, -0.2) is 44.3 Å². The van der Waals surface area contributed by atoms with Crippen LogP contribution in [0, 0.1) is 17.6 Å². The number of benzene rings is 1. The number of hydrogen-bond acceptors (Lipinski definition) is 6. The summed E-state index contributed by atoms with van der Waals surface area (Å²) >= 11 is 6.05. The normalized spacial score (nSPS) is 11.6. The van der Waals surface area contributed by atoms with Gasteiger partial charge < -0.3 is 9.47 Å². The SMILES string of the molecule is CC(C)COc1ncc(Oc2cc(F)c(C(=O)NS(=O)(=O)N(C)C)cc2F)cc1Cl. The van der Waals surface area contributed by atoms with Gasteiger partial charge in [-0.1, -0.05) is 25.4 Å². The van der Waals surface area contributed by atoms with Gasteiger partial charge >= 0.3 is 10.2 Å². The highest BCUT2D eigenvalue weighted by molar-refractivity contribution is 7.87. The average molecular weight is 464 g/mol. The highest BCUT2D eigenvalue weighted by Crippen LogP contribution is 2.31. The molecule has 0 spiro atoms. The molecule has 12 heteroatoms. The summed E-state index contributed by atoms with van der Waals surface area (Å²) in [7, 11) is -1.84. The van der Waals surface area contributed by atoms with Crippen LogP contribution in [0.3, 0.4) is 0 Å². The molecule has 0 atom stereocenters. The molecule has 0 aliphatic heterocycles. The van der Waals surface area contributed by atoms with E-state index in [4.69, 9.17) is 21.1 Å². The fraction of sp³-hybridized carbons (Fsp3) is 0.333. The molecule has 0 radical (unpaired) electrons. The van der Waals surface area contributed by atoms with E-state index in [-0.39, 0.29) is 22.6 Å². The second-order valence-electron chi connectivity index (χ2n) is 6.75. The number of amides is 1. The van der Waals surface area contributed by atoms with Crippen molar-refractivity contribution in [2.75, 3.05) is 20.7 Å². The van der Waals surface area contributed by atoms with E-state index >= 15 is 0 Å². The minimum atomic E-state index is -4.17. The molecule has 2 rings (SSSR count). The van der Waals surface area contributed by atoms with Gasteiger partial charge in [0.05, 0.1) is 18.4 Å². The second-order valence-corrected chi connectivity index (χ2v) is 9.04. The Kier molecular flexibility index (Phi) is 7.56. The van der Waals surface area contributed by atoms with Crippen molar-refractivity contribution in [2.24, 2.45) is 5.92 Å². The molecule has 1 aromatic heterocycles. The minimum Gasteiger partial charge on any atom is -0.476 e. The monoisotopic (exact) mass is 463 g/mol. The van der Waals surface area contributed by atoms with E-state index in [1.165, 1.54) is 26.4 Å². The van der Waals surface area contributed by atoms with Crippen LogP contribution in [0.2, 0.25) is 5.02 Å². The zero-order valence-corrected chi connectivity index (χ0v) is 18.1. The lowest BCUT2D eigenvalue weighted by Gasteiger charge is -2.14. The molecular weight excluding hydrogens is 444 g/mol. The van der Waals surface area contributed by atoms with Crippen LogP contribution in [-0.2, 0) is 10.2 Å². The highest BCUT2D eigenvalue weighted by atomic mass is 35.5. The topological polar surface area (TPSA) is 97.8 Å². The first-order valence-electron chi connectivity index (χ1n) is 8.60. The maximum atomic E-state index is 14.3. The smallest absolute Gasteiger partial charge is 0.303 e. The molecule has 30 heavy (non-hydrogen) atoms. The summed E-state index contributed by atoms with van der Waals surface area (Å²) in [5, 5.41) is 0.110. The lowest BCUT2D eigenvalue weighted by atomic mass is 10.2. The van der Waals surface area contributed by atoms with E-state index in [9.17, 15) is 22.0 Å². The Morgan fingerprint density at radius 1 is 1.23 bits per heavy atom. The largest absolute Gasteiger partial charge is 0.476 e. The third-order valence-corrected chi connectivity index (χ3v) is 5.21. The number of ether oxygens (including phenoxy) is 2. The summed E-state index contributed by atoms with van der Waals surface area (Å²) in [5.41, 5.74) is -0.807. The molecule has 1 N–H and O–H groups in total. The first kappa shape index (κ1) is 23.8. The molecule has 0 saturated heterocycles. The van der Waals surface area contributed by atoms with Crippen LogP contribution >= 0.6 is 11.6 Å². The highest BCUT2D eigenvalue weighted by Gasteiger charge is 2.23. The van der Waals surface area contributed by atoms with Crippen molar-refractivity contribution in [3.63, 3.8) is 0 Å². The fourth-order valence-electron chi connectivity index (χ4n) is 1.99. The van der Waals surface area contributed by atoms with Crippen LogP contribution in [0.5, 0.6) is 17.4 Å². The molecule has 0 bridgehead atoms. The van der Waals surface area contributed by atoms with Crippen LogP contribution < -0.4 is 14.2 Å². The lowest BCUT2D eigenvalue weighted by Crippen LogP contribution is -2.39. The van der Waals surface area contributed by atoms with E-state index in [1.54, 1.807) is 4.72 Å². The number of pyridine rings is 1. The van der Waals surface area contributed by atoms with Crippen LogP contribution in [0.4, 0.5) is 8.78 Å².